The van der Waals surface area contributed by atoms with E-state index >= 15 is 0 Å². The van der Waals surface area contributed by atoms with Gasteiger partial charge in [0.15, 0.2) is 0 Å². The SMILES string of the molecule is O=C(O)CN(C(=O)NCC1CCCCS1)c1ccccc1. The molecule has 0 radical (unpaired) electrons. The molecule has 1 atom stereocenters. The van der Waals surface area contributed by atoms with Crippen molar-refractivity contribution < 1.29 is 14.7 Å². The van der Waals surface area contributed by atoms with Crippen LogP contribution in [0, 0.1) is 0 Å². The van der Waals surface area contributed by atoms with E-state index in [-0.39, 0.29) is 12.6 Å². The Hall–Kier alpha value is -1.69. The molecular formula is C15H20N2O3S. The first kappa shape index (κ1) is 15.7. The summed E-state index contributed by atoms with van der Waals surface area (Å²) in [5, 5.41) is 12.3. The highest BCUT2D eigenvalue weighted by Gasteiger charge is 2.20. The number of carbonyl (C=O) groups is 2. The first-order chi connectivity index (χ1) is 10.2. The number of benzene rings is 1. The molecule has 0 bridgehead atoms. The molecule has 1 aliphatic rings. The maximum Gasteiger partial charge on any atom is 0.323 e. The quantitative estimate of drug-likeness (QED) is 0.877. The number of thioether (sulfide) groups is 1. The van der Waals surface area contributed by atoms with Crippen LogP contribution >= 0.6 is 11.8 Å². The van der Waals surface area contributed by atoms with E-state index in [1.165, 1.54) is 17.7 Å². The van der Waals surface area contributed by atoms with Gasteiger partial charge in [-0.25, -0.2) is 4.79 Å². The molecule has 1 fully saturated rings. The van der Waals surface area contributed by atoms with Crippen molar-refractivity contribution >= 4 is 29.4 Å². The lowest BCUT2D eigenvalue weighted by atomic mass is 10.2. The molecule has 0 saturated carbocycles. The molecule has 1 unspecified atom stereocenters. The zero-order valence-corrected chi connectivity index (χ0v) is 12.6. The predicted octanol–water partition coefficient (Wildman–Crippen LogP) is 2.57. The van der Waals surface area contributed by atoms with Gasteiger partial charge in [-0.3, -0.25) is 9.69 Å². The van der Waals surface area contributed by atoms with E-state index in [4.69, 9.17) is 5.11 Å². The lowest BCUT2D eigenvalue weighted by Crippen LogP contribution is -2.45. The molecule has 21 heavy (non-hydrogen) atoms. The second-order valence-corrected chi connectivity index (χ2v) is 6.40. The molecule has 1 heterocycles. The molecule has 1 aliphatic heterocycles. The zero-order chi connectivity index (χ0) is 15.1. The van der Waals surface area contributed by atoms with E-state index in [2.05, 4.69) is 5.32 Å². The van der Waals surface area contributed by atoms with E-state index < -0.39 is 5.97 Å². The molecule has 1 aromatic carbocycles. The molecule has 114 valence electrons. The zero-order valence-electron chi connectivity index (χ0n) is 11.8. The average molecular weight is 308 g/mol. The van der Waals surface area contributed by atoms with Gasteiger partial charge in [0.2, 0.25) is 0 Å². The summed E-state index contributed by atoms with van der Waals surface area (Å²) in [6.45, 7) is 0.250. The fourth-order valence-corrected chi connectivity index (χ4v) is 3.53. The predicted molar refractivity (Wildman–Crippen MR) is 84.9 cm³/mol. The minimum absolute atomic E-state index is 0.340. The number of anilines is 1. The number of carboxylic acid groups (broad SMARTS) is 1. The third kappa shape index (κ3) is 4.97. The summed E-state index contributed by atoms with van der Waals surface area (Å²) in [6, 6.07) is 8.52. The van der Waals surface area contributed by atoms with E-state index in [0.717, 1.165) is 12.2 Å². The standard InChI is InChI=1S/C15H20N2O3S/c18-14(19)11-17(12-6-2-1-3-7-12)15(20)16-10-13-8-4-5-9-21-13/h1-3,6-7,13H,4-5,8-11H2,(H,16,20)(H,18,19). The highest BCUT2D eigenvalue weighted by molar-refractivity contribution is 7.99. The Morgan fingerprint density at radius 3 is 2.67 bits per heavy atom. The lowest BCUT2D eigenvalue weighted by molar-refractivity contribution is -0.135. The monoisotopic (exact) mass is 308 g/mol. The first-order valence-corrected chi connectivity index (χ1v) is 8.15. The highest BCUT2D eigenvalue weighted by Crippen LogP contribution is 2.24. The molecule has 0 aliphatic carbocycles. The van der Waals surface area contributed by atoms with Crippen LogP contribution in [0.5, 0.6) is 0 Å². The molecule has 2 N–H and O–H groups in total. The van der Waals surface area contributed by atoms with Gasteiger partial charge in [-0.15, -0.1) is 0 Å². The van der Waals surface area contributed by atoms with Crippen LogP contribution in [-0.2, 0) is 4.79 Å². The van der Waals surface area contributed by atoms with Gasteiger partial charge in [-0.2, -0.15) is 11.8 Å². The summed E-state index contributed by atoms with van der Waals surface area (Å²) in [6.07, 6.45) is 3.55. The van der Waals surface area contributed by atoms with Crippen LogP contribution in [0.3, 0.4) is 0 Å². The van der Waals surface area contributed by atoms with Gasteiger partial charge in [0.1, 0.15) is 6.54 Å². The second kappa shape index (κ2) is 7.93. The number of hydrogen-bond donors (Lipinski definition) is 2. The molecule has 0 spiro atoms. The van der Waals surface area contributed by atoms with Crippen molar-refractivity contribution in [1.29, 1.82) is 0 Å². The molecule has 2 rings (SSSR count). The third-order valence-electron chi connectivity index (χ3n) is 3.36. The normalized spacial score (nSPS) is 18.0. The Balaban J connectivity index is 1.95. The lowest BCUT2D eigenvalue weighted by Gasteiger charge is -2.25. The second-order valence-electron chi connectivity index (χ2n) is 4.99. The number of aliphatic carboxylic acids is 1. The molecule has 6 heteroatoms. The van der Waals surface area contributed by atoms with Gasteiger partial charge >= 0.3 is 12.0 Å². The summed E-state index contributed by atoms with van der Waals surface area (Å²) < 4.78 is 0. The van der Waals surface area contributed by atoms with Crippen molar-refractivity contribution in [2.24, 2.45) is 0 Å². The Labute approximate surface area is 128 Å². The number of carbonyl (C=O) groups excluding carboxylic acids is 1. The maximum atomic E-state index is 12.3. The Morgan fingerprint density at radius 1 is 1.29 bits per heavy atom. The first-order valence-electron chi connectivity index (χ1n) is 7.10. The fraction of sp³-hybridized carbons (Fsp3) is 0.467. The van der Waals surface area contributed by atoms with Crippen molar-refractivity contribution in [3.05, 3.63) is 30.3 Å². The number of hydrogen-bond acceptors (Lipinski definition) is 3. The Bertz CT molecular complexity index is 475. The third-order valence-corrected chi connectivity index (χ3v) is 4.76. The van der Waals surface area contributed by atoms with Crippen LogP contribution in [0.15, 0.2) is 30.3 Å². The van der Waals surface area contributed by atoms with Gasteiger partial charge in [0.05, 0.1) is 0 Å². The van der Waals surface area contributed by atoms with Crippen LogP contribution in [0.2, 0.25) is 0 Å². The van der Waals surface area contributed by atoms with Gasteiger partial charge in [-0.1, -0.05) is 24.6 Å². The fourth-order valence-electron chi connectivity index (χ4n) is 2.29. The minimum atomic E-state index is -1.03. The van der Waals surface area contributed by atoms with E-state index in [1.54, 1.807) is 24.3 Å². The van der Waals surface area contributed by atoms with E-state index in [9.17, 15) is 9.59 Å². The minimum Gasteiger partial charge on any atom is -0.480 e. The number of urea groups is 1. The van der Waals surface area contributed by atoms with Crippen LogP contribution in [0.25, 0.3) is 0 Å². The van der Waals surface area contributed by atoms with Crippen molar-refractivity contribution in [2.45, 2.75) is 24.5 Å². The highest BCUT2D eigenvalue weighted by atomic mass is 32.2. The number of amides is 2. The van der Waals surface area contributed by atoms with Crippen molar-refractivity contribution in [2.75, 3.05) is 23.7 Å². The van der Waals surface area contributed by atoms with Gasteiger partial charge in [0.25, 0.3) is 0 Å². The summed E-state index contributed by atoms with van der Waals surface area (Å²) >= 11 is 1.88. The smallest absolute Gasteiger partial charge is 0.323 e. The molecular weight excluding hydrogens is 288 g/mol. The summed E-state index contributed by atoms with van der Waals surface area (Å²) in [5.74, 6) is 0.110. The number of nitrogens with one attached hydrogen (secondary N) is 1. The molecule has 5 nitrogen and oxygen atoms in total. The summed E-state index contributed by atoms with van der Waals surface area (Å²) in [5.41, 5.74) is 0.591. The van der Waals surface area contributed by atoms with Gasteiger partial charge in [0, 0.05) is 17.5 Å². The molecule has 2 amide bonds. The van der Waals surface area contributed by atoms with Crippen molar-refractivity contribution in [3.8, 4) is 0 Å². The Morgan fingerprint density at radius 2 is 2.05 bits per heavy atom. The van der Waals surface area contributed by atoms with Crippen molar-refractivity contribution in [3.63, 3.8) is 0 Å². The summed E-state index contributed by atoms with van der Waals surface area (Å²) in [4.78, 5) is 24.5. The number of carboxylic acids is 1. The maximum absolute atomic E-state index is 12.3. The van der Waals surface area contributed by atoms with Crippen LogP contribution in [-0.4, -0.2) is 41.2 Å². The largest absolute Gasteiger partial charge is 0.480 e. The number of rotatable bonds is 5. The topological polar surface area (TPSA) is 69.6 Å². The Kier molecular flexibility index (Phi) is 5.92. The molecule has 1 aromatic rings. The van der Waals surface area contributed by atoms with Crippen molar-refractivity contribution in [1.82, 2.24) is 5.32 Å². The molecule has 1 saturated heterocycles. The number of para-hydroxylation sites is 1. The van der Waals surface area contributed by atoms with Crippen LogP contribution < -0.4 is 10.2 Å². The number of nitrogens with zero attached hydrogens (tertiary/aromatic N) is 1. The van der Waals surface area contributed by atoms with E-state index in [0.29, 0.717) is 17.5 Å². The van der Waals surface area contributed by atoms with Gasteiger partial charge in [-0.05, 0) is 30.7 Å². The van der Waals surface area contributed by atoms with E-state index in [1.807, 2.05) is 17.8 Å². The molecule has 0 aromatic heterocycles. The van der Waals surface area contributed by atoms with Gasteiger partial charge < -0.3 is 10.4 Å². The van der Waals surface area contributed by atoms with Crippen LogP contribution in [0.1, 0.15) is 19.3 Å². The van der Waals surface area contributed by atoms with Crippen LogP contribution in [0.4, 0.5) is 10.5 Å². The average Bonchev–Trinajstić information content (AvgIpc) is 2.52. The summed E-state index contributed by atoms with van der Waals surface area (Å²) in [7, 11) is 0.